The monoisotopic (exact) mass is 981 g/mol. The lowest BCUT2D eigenvalue weighted by atomic mass is 10.0. The number of anilines is 2. The number of pyridine rings is 3. The molecule has 0 spiro atoms. The number of nitrogens with zero attached hydrogens (tertiary/aromatic N) is 6. The lowest BCUT2D eigenvalue weighted by Gasteiger charge is -2.39. The second-order valence-electron chi connectivity index (χ2n) is 20.2. The molecule has 4 aromatic rings. The molecule has 3 amide bonds. The Morgan fingerprint density at radius 2 is 1.48 bits per heavy atom. The van der Waals surface area contributed by atoms with Crippen molar-refractivity contribution in [1.82, 2.24) is 29.7 Å². The first kappa shape index (κ1) is 52.9. The van der Waals surface area contributed by atoms with Crippen molar-refractivity contribution in [3.8, 4) is 28.4 Å². The van der Waals surface area contributed by atoms with E-state index in [4.69, 9.17) is 46.8 Å². The van der Waals surface area contributed by atoms with Gasteiger partial charge in [-0.2, -0.15) is 0 Å². The smallest absolute Gasteiger partial charge is 0.410 e. The number of nitrogens with one attached hydrogen (secondary N) is 1. The second-order valence-corrected chi connectivity index (χ2v) is 25.7. The molecule has 0 atom stereocenters. The fourth-order valence-corrected chi connectivity index (χ4v) is 8.72. The van der Waals surface area contributed by atoms with Crippen LogP contribution in [0.15, 0.2) is 54.9 Å². The Kier molecular flexibility index (Phi) is 17.0. The molecule has 5 rings (SSSR count). The van der Waals surface area contributed by atoms with Gasteiger partial charge in [0.1, 0.15) is 11.2 Å². The highest BCUT2D eigenvalue weighted by Crippen LogP contribution is 2.41. The minimum absolute atomic E-state index is 0.00387. The number of benzene rings is 1. The van der Waals surface area contributed by atoms with Gasteiger partial charge in [-0.05, 0) is 103 Å². The fraction of sp³-hybridized carbons (Fsp3) is 0.510. The summed E-state index contributed by atoms with van der Waals surface area (Å²) in [5.74, 6) is -0.520. The van der Waals surface area contributed by atoms with Gasteiger partial charge in [-0.25, -0.2) is 23.9 Å². The highest BCUT2D eigenvalue weighted by Gasteiger charge is 2.38. The number of likely N-dealkylation sites (tertiary alicyclic amines) is 1. The van der Waals surface area contributed by atoms with Crippen LogP contribution < -0.4 is 10.1 Å². The Morgan fingerprint density at radius 1 is 0.836 bits per heavy atom. The van der Waals surface area contributed by atoms with E-state index in [-0.39, 0.29) is 51.5 Å². The summed E-state index contributed by atoms with van der Waals surface area (Å²) in [6.45, 7) is 24.8. The Labute approximate surface area is 406 Å². The molecule has 0 bridgehead atoms. The number of aromatic nitrogens is 3. The average Bonchev–Trinajstić information content (AvgIpc) is 3.23. The van der Waals surface area contributed by atoms with Gasteiger partial charge in [-0.3, -0.25) is 9.78 Å². The van der Waals surface area contributed by atoms with E-state index >= 15 is 4.39 Å². The molecule has 0 radical (unpaired) electrons. The summed E-state index contributed by atoms with van der Waals surface area (Å²) >= 11 is 14.2. The first-order valence-corrected chi connectivity index (χ1v) is 26.1. The van der Waals surface area contributed by atoms with Gasteiger partial charge in [0.05, 0.1) is 53.9 Å². The average molecular weight is 983 g/mol. The van der Waals surface area contributed by atoms with Crippen molar-refractivity contribution in [3.05, 3.63) is 81.8 Å². The zero-order valence-electron chi connectivity index (χ0n) is 41.1. The van der Waals surface area contributed by atoms with Gasteiger partial charge in [-0.1, -0.05) is 56.1 Å². The molecule has 1 aliphatic heterocycles. The Balaban J connectivity index is 1.40. The predicted molar refractivity (Wildman–Crippen MR) is 264 cm³/mol. The van der Waals surface area contributed by atoms with Crippen molar-refractivity contribution < 1.29 is 37.4 Å². The van der Waals surface area contributed by atoms with Crippen LogP contribution in [0.3, 0.4) is 0 Å². The molecule has 4 heterocycles. The number of hydrogen-bond acceptors (Lipinski definition) is 11. The third kappa shape index (κ3) is 13.8. The molecule has 0 unspecified atom stereocenters. The van der Waals surface area contributed by atoms with Crippen molar-refractivity contribution in [3.63, 3.8) is 0 Å². The van der Waals surface area contributed by atoms with Gasteiger partial charge < -0.3 is 38.7 Å². The highest BCUT2D eigenvalue weighted by molar-refractivity contribution is 6.74. The summed E-state index contributed by atoms with van der Waals surface area (Å²) < 4.78 is 40.2. The number of hydrogen-bond donors (Lipinski definition) is 1. The minimum Gasteiger partial charge on any atom is -0.481 e. The molecule has 18 heteroatoms. The molecule has 1 aliphatic rings. The van der Waals surface area contributed by atoms with Crippen LogP contribution in [0.5, 0.6) is 5.88 Å². The van der Waals surface area contributed by atoms with Gasteiger partial charge in [0.25, 0.3) is 0 Å². The number of carbonyl (C=O) groups is 3. The molecular weight excluding hydrogens is 917 g/mol. The maximum atomic E-state index is 16.4. The van der Waals surface area contributed by atoms with Crippen molar-refractivity contribution in [1.29, 1.82) is 0 Å². The summed E-state index contributed by atoms with van der Waals surface area (Å²) in [4.78, 5) is 57.6. The van der Waals surface area contributed by atoms with E-state index in [2.05, 4.69) is 49.1 Å². The van der Waals surface area contributed by atoms with Crippen molar-refractivity contribution >= 4 is 61.1 Å². The quantitative estimate of drug-likeness (QED) is 0.120. The number of rotatable bonds is 14. The highest BCUT2D eigenvalue weighted by atomic mass is 35.5. The summed E-state index contributed by atoms with van der Waals surface area (Å²) in [5.41, 5.74) is 1.54. The topological polar surface area (TPSA) is 149 Å². The normalized spacial score (nSPS) is 13.8. The second kappa shape index (κ2) is 21.5. The number of amides is 3. The van der Waals surface area contributed by atoms with E-state index in [0.717, 1.165) is 0 Å². The summed E-state index contributed by atoms with van der Waals surface area (Å²) in [6, 6.07) is 11.8. The van der Waals surface area contributed by atoms with E-state index in [1.54, 1.807) is 67.1 Å². The van der Waals surface area contributed by atoms with Gasteiger partial charge in [0.2, 0.25) is 11.8 Å². The van der Waals surface area contributed by atoms with Crippen LogP contribution in [0.1, 0.15) is 93.2 Å². The van der Waals surface area contributed by atoms with Crippen LogP contribution in [-0.2, 0) is 31.8 Å². The molecule has 14 nitrogen and oxygen atoms in total. The van der Waals surface area contributed by atoms with E-state index < -0.39 is 37.5 Å². The Bertz CT molecular complexity index is 2410. The van der Waals surface area contributed by atoms with Crippen LogP contribution in [-0.4, -0.2) is 107 Å². The number of piperidine rings is 1. The third-order valence-electron chi connectivity index (χ3n) is 11.7. The Morgan fingerprint density at radius 3 is 2.09 bits per heavy atom. The number of methoxy groups -OCH3 is 1. The molecule has 0 aliphatic carbocycles. The molecule has 3 aromatic heterocycles. The molecule has 1 saturated heterocycles. The zero-order chi connectivity index (χ0) is 49.6. The molecule has 1 aromatic carbocycles. The summed E-state index contributed by atoms with van der Waals surface area (Å²) in [7, 11) is -0.569. The van der Waals surface area contributed by atoms with E-state index in [9.17, 15) is 14.4 Å². The Hall–Kier alpha value is -5.03. The largest absolute Gasteiger partial charge is 0.481 e. The summed E-state index contributed by atoms with van der Waals surface area (Å²) in [5, 5.41) is 3.50. The van der Waals surface area contributed by atoms with Crippen LogP contribution in [0.25, 0.3) is 22.5 Å². The lowest BCUT2D eigenvalue weighted by molar-refractivity contribution is -0.130. The van der Waals surface area contributed by atoms with Crippen LogP contribution >= 0.6 is 23.2 Å². The minimum atomic E-state index is -2.08. The van der Waals surface area contributed by atoms with Crippen molar-refractivity contribution in [2.45, 2.75) is 131 Å². The number of carbonyl (C=O) groups excluding carboxylic acids is 3. The SMILES string of the molecule is COc1nc(-c2ccnc(-c3cccc(Nc4nccc(CN(C(=O)OC(C)(C)C)C5CCN(C(C)=O)CC5)c4F)c3Cl)c2Cl)ccc1CN(CCO[Si](C)(C)C(C)(C)C)C(=O)OC(C)(C)C. The third-order valence-corrected chi connectivity index (χ3v) is 17.1. The van der Waals surface area contributed by atoms with E-state index in [0.29, 0.717) is 78.7 Å². The molecule has 1 N–H and O–H groups in total. The van der Waals surface area contributed by atoms with E-state index in [1.165, 1.54) is 31.2 Å². The molecule has 364 valence electrons. The molecule has 1 fully saturated rings. The standard InChI is InChI=1S/C49H66Cl2FN7O7Si/c1-31(60)57-25-21-34(22-26-57)59(46(62)66-48(5,6)7)30-32-19-23-54-43(41(32)52)55-38-16-14-15-36(39(38)50)42-40(51)35(20-24-53-42)37-18-17-33(44(56-37)63-11)29-58(45(61)65-47(2,3)4)27-28-64-67(12,13)49(8,9)10/h14-20,23-24,34H,21-22,25-30H2,1-13H3,(H,54,55). The first-order chi connectivity index (χ1) is 31.2. The van der Waals surface area contributed by atoms with Crippen molar-refractivity contribution in [2.75, 3.05) is 38.7 Å². The van der Waals surface area contributed by atoms with Crippen molar-refractivity contribution in [2.24, 2.45) is 0 Å². The number of halogens is 3. The van der Waals surface area contributed by atoms with Gasteiger partial charge in [-0.15, -0.1) is 0 Å². The summed E-state index contributed by atoms with van der Waals surface area (Å²) in [6.07, 6.45) is 3.03. The maximum Gasteiger partial charge on any atom is 0.410 e. The lowest BCUT2D eigenvalue weighted by Crippen LogP contribution is -2.49. The number of ether oxygens (including phenoxy) is 3. The van der Waals surface area contributed by atoms with Crippen LogP contribution in [0, 0.1) is 5.82 Å². The van der Waals surface area contributed by atoms with Gasteiger partial charge in [0, 0.05) is 67.2 Å². The van der Waals surface area contributed by atoms with Crippen LogP contribution in [0.4, 0.5) is 25.5 Å². The first-order valence-electron chi connectivity index (χ1n) is 22.4. The predicted octanol–water partition coefficient (Wildman–Crippen LogP) is 11.9. The van der Waals surface area contributed by atoms with Crippen LogP contribution in [0.2, 0.25) is 28.2 Å². The van der Waals surface area contributed by atoms with Gasteiger partial charge in [0.15, 0.2) is 20.0 Å². The molecule has 0 saturated carbocycles. The van der Waals surface area contributed by atoms with E-state index in [1.807, 2.05) is 26.8 Å². The fourth-order valence-electron chi connectivity index (χ4n) is 7.11. The molecule has 67 heavy (non-hydrogen) atoms. The zero-order valence-corrected chi connectivity index (χ0v) is 43.6. The molecular formula is C49H66Cl2FN7O7Si. The van der Waals surface area contributed by atoms with Gasteiger partial charge >= 0.3 is 12.2 Å². The maximum absolute atomic E-state index is 16.4.